The number of hydrogen-bond donors (Lipinski definition) is 0. The first-order valence-electron chi connectivity index (χ1n) is 7.09. The van der Waals surface area contributed by atoms with E-state index in [1.807, 2.05) is 24.3 Å². The third-order valence-electron chi connectivity index (χ3n) is 3.57. The van der Waals surface area contributed by atoms with E-state index in [-0.39, 0.29) is 11.3 Å². The lowest BCUT2D eigenvalue weighted by molar-refractivity contribution is -0.0499. The molecule has 4 nitrogen and oxygen atoms in total. The van der Waals surface area contributed by atoms with Crippen LogP contribution in [0.4, 0.5) is 8.78 Å². The third-order valence-corrected chi connectivity index (χ3v) is 4.54. The number of alkyl halides is 2. The lowest BCUT2D eigenvalue weighted by Crippen LogP contribution is -2.22. The first kappa shape index (κ1) is 14.8. The van der Waals surface area contributed by atoms with Crippen LogP contribution in [0.5, 0.6) is 5.75 Å². The summed E-state index contributed by atoms with van der Waals surface area (Å²) in [4.78, 5) is 17.6. The highest BCUT2D eigenvalue weighted by atomic mass is 32.1. The van der Waals surface area contributed by atoms with Gasteiger partial charge in [0.2, 0.25) is 0 Å². The number of rotatable bonds is 3. The molecule has 0 saturated carbocycles. The molecule has 24 heavy (non-hydrogen) atoms. The van der Waals surface area contributed by atoms with Gasteiger partial charge in [-0.15, -0.1) is 0 Å². The highest BCUT2D eigenvalue weighted by Gasteiger charge is 2.12. The van der Waals surface area contributed by atoms with Gasteiger partial charge in [0.25, 0.3) is 5.56 Å². The van der Waals surface area contributed by atoms with Gasteiger partial charge in [-0.2, -0.15) is 8.78 Å². The van der Waals surface area contributed by atoms with E-state index in [4.69, 9.17) is 0 Å². The van der Waals surface area contributed by atoms with Gasteiger partial charge in [-0.1, -0.05) is 41.7 Å². The quantitative estimate of drug-likeness (QED) is 0.574. The average Bonchev–Trinajstić information content (AvgIpc) is 3.06. The molecule has 0 spiro atoms. The minimum absolute atomic E-state index is 0.0304. The molecule has 0 N–H and O–H groups in total. The van der Waals surface area contributed by atoms with Crippen LogP contribution in [0.1, 0.15) is 5.56 Å². The molecule has 2 aromatic carbocycles. The van der Waals surface area contributed by atoms with Gasteiger partial charge >= 0.3 is 6.61 Å². The summed E-state index contributed by atoms with van der Waals surface area (Å²) in [5.74, 6) is 0.0304. The molecule has 120 valence electrons. The Labute approximate surface area is 138 Å². The van der Waals surface area contributed by atoms with Gasteiger partial charge in [0.15, 0.2) is 4.96 Å². The van der Waals surface area contributed by atoms with Crippen molar-refractivity contribution in [1.29, 1.82) is 0 Å². The molecule has 0 amide bonds. The average molecular weight is 344 g/mol. The first-order valence-corrected chi connectivity index (χ1v) is 7.91. The SMILES string of the molecule is O=c1c(=Cc2ccccc2OC(F)F)sc2nc3ccccc3n12. The number of halogens is 2. The van der Waals surface area contributed by atoms with Crippen LogP contribution in [0.3, 0.4) is 0 Å². The van der Waals surface area contributed by atoms with E-state index < -0.39 is 6.61 Å². The molecule has 0 aliphatic rings. The van der Waals surface area contributed by atoms with Crippen molar-refractivity contribution in [3.8, 4) is 5.75 Å². The summed E-state index contributed by atoms with van der Waals surface area (Å²) in [6.07, 6.45) is 1.55. The second-order valence-corrected chi connectivity index (χ2v) is 6.06. The third kappa shape index (κ3) is 2.43. The minimum atomic E-state index is -2.92. The van der Waals surface area contributed by atoms with E-state index in [1.54, 1.807) is 24.3 Å². The lowest BCUT2D eigenvalue weighted by Gasteiger charge is -2.06. The van der Waals surface area contributed by atoms with Crippen molar-refractivity contribution in [2.75, 3.05) is 0 Å². The van der Waals surface area contributed by atoms with Gasteiger partial charge in [-0.3, -0.25) is 4.79 Å². The molecule has 0 unspecified atom stereocenters. The number of nitrogens with zero attached hydrogens (tertiary/aromatic N) is 2. The number of benzene rings is 2. The van der Waals surface area contributed by atoms with Gasteiger partial charge in [-0.05, 0) is 24.3 Å². The fraction of sp³-hybridized carbons (Fsp3) is 0.0588. The molecule has 4 rings (SSSR count). The summed E-state index contributed by atoms with van der Waals surface area (Å²) in [7, 11) is 0. The van der Waals surface area contributed by atoms with Crippen LogP contribution in [0.2, 0.25) is 0 Å². The summed E-state index contributed by atoms with van der Waals surface area (Å²) in [5, 5.41) is 0. The predicted octanol–water partition coefficient (Wildman–Crippen LogP) is 3.06. The number of ether oxygens (including phenoxy) is 1. The lowest BCUT2D eigenvalue weighted by atomic mass is 10.2. The first-order chi connectivity index (χ1) is 11.6. The molecule has 0 aliphatic heterocycles. The largest absolute Gasteiger partial charge is 0.434 e. The highest BCUT2D eigenvalue weighted by molar-refractivity contribution is 7.15. The van der Waals surface area contributed by atoms with Crippen molar-refractivity contribution in [2.24, 2.45) is 0 Å². The monoisotopic (exact) mass is 344 g/mol. The van der Waals surface area contributed by atoms with E-state index >= 15 is 0 Å². The Balaban J connectivity index is 1.93. The number of imidazole rings is 1. The smallest absolute Gasteiger partial charge is 0.387 e. The Morgan fingerprint density at radius 2 is 1.88 bits per heavy atom. The van der Waals surface area contributed by atoms with Crippen LogP contribution in [0.15, 0.2) is 53.3 Å². The van der Waals surface area contributed by atoms with Gasteiger partial charge in [0.05, 0.1) is 15.6 Å². The van der Waals surface area contributed by atoms with Crippen LogP contribution in [0, 0.1) is 0 Å². The van der Waals surface area contributed by atoms with Crippen molar-refractivity contribution < 1.29 is 13.5 Å². The van der Waals surface area contributed by atoms with Gasteiger partial charge < -0.3 is 4.74 Å². The summed E-state index contributed by atoms with van der Waals surface area (Å²) in [5.41, 5.74) is 1.67. The normalized spacial score (nSPS) is 12.5. The van der Waals surface area contributed by atoms with Crippen LogP contribution >= 0.6 is 11.3 Å². The van der Waals surface area contributed by atoms with E-state index in [0.717, 1.165) is 11.0 Å². The summed E-state index contributed by atoms with van der Waals surface area (Å²) < 4.78 is 31.4. The fourth-order valence-corrected chi connectivity index (χ4v) is 3.53. The predicted molar refractivity (Wildman–Crippen MR) is 88.7 cm³/mol. The van der Waals surface area contributed by atoms with Crippen molar-refractivity contribution in [2.45, 2.75) is 6.61 Å². The second-order valence-electron chi connectivity index (χ2n) is 5.05. The van der Waals surface area contributed by atoms with Crippen molar-refractivity contribution in [1.82, 2.24) is 9.38 Å². The highest BCUT2D eigenvalue weighted by Crippen LogP contribution is 2.21. The van der Waals surface area contributed by atoms with E-state index in [0.29, 0.717) is 15.1 Å². The van der Waals surface area contributed by atoms with Gasteiger partial charge in [0, 0.05) is 5.56 Å². The van der Waals surface area contributed by atoms with Gasteiger partial charge in [0.1, 0.15) is 5.75 Å². The van der Waals surface area contributed by atoms with E-state index in [2.05, 4.69) is 9.72 Å². The maximum absolute atomic E-state index is 12.7. The Kier molecular flexibility index (Phi) is 3.50. The molecule has 0 bridgehead atoms. The number of hydrogen-bond acceptors (Lipinski definition) is 4. The number of aromatic nitrogens is 2. The molecular weight excluding hydrogens is 334 g/mol. The Morgan fingerprint density at radius 3 is 2.71 bits per heavy atom. The maximum atomic E-state index is 12.7. The summed E-state index contributed by atoms with van der Waals surface area (Å²) in [6.45, 7) is -2.92. The van der Waals surface area contributed by atoms with Crippen LogP contribution in [-0.4, -0.2) is 16.0 Å². The van der Waals surface area contributed by atoms with Crippen molar-refractivity contribution >= 4 is 33.4 Å². The molecule has 2 aromatic heterocycles. The number of fused-ring (bicyclic) bond motifs is 3. The van der Waals surface area contributed by atoms with E-state index in [1.165, 1.54) is 21.8 Å². The van der Waals surface area contributed by atoms with E-state index in [9.17, 15) is 13.6 Å². The molecule has 2 heterocycles. The zero-order valence-corrected chi connectivity index (χ0v) is 13.0. The molecule has 0 aliphatic carbocycles. The summed E-state index contributed by atoms with van der Waals surface area (Å²) in [6, 6.07) is 13.7. The minimum Gasteiger partial charge on any atom is -0.434 e. The molecular formula is C17H10F2N2O2S. The van der Waals surface area contributed by atoms with Crippen LogP contribution < -0.4 is 14.8 Å². The Hall–Kier alpha value is -2.80. The molecule has 0 saturated heterocycles. The zero-order valence-electron chi connectivity index (χ0n) is 12.1. The Morgan fingerprint density at radius 1 is 1.12 bits per heavy atom. The molecule has 4 aromatic rings. The Bertz CT molecular complexity index is 1150. The van der Waals surface area contributed by atoms with Crippen LogP contribution in [-0.2, 0) is 0 Å². The van der Waals surface area contributed by atoms with Gasteiger partial charge in [-0.25, -0.2) is 9.38 Å². The summed E-state index contributed by atoms with van der Waals surface area (Å²) >= 11 is 1.21. The second kappa shape index (κ2) is 5.68. The molecule has 0 fully saturated rings. The molecule has 0 atom stereocenters. The number of thiazole rings is 1. The number of para-hydroxylation sites is 3. The van der Waals surface area contributed by atoms with Crippen molar-refractivity contribution in [3.05, 3.63) is 69.0 Å². The zero-order chi connectivity index (χ0) is 16.7. The fourth-order valence-electron chi connectivity index (χ4n) is 2.56. The molecule has 0 radical (unpaired) electrons. The topological polar surface area (TPSA) is 43.6 Å². The van der Waals surface area contributed by atoms with Crippen molar-refractivity contribution in [3.63, 3.8) is 0 Å². The van der Waals surface area contributed by atoms with Crippen LogP contribution in [0.25, 0.3) is 22.1 Å². The molecule has 7 heteroatoms. The maximum Gasteiger partial charge on any atom is 0.387 e. The standard InChI is InChI=1S/C17H10F2N2O2S/c18-16(19)23-13-8-4-1-5-10(13)9-14-15(22)21-12-7-3-2-6-11(12)20-17(21)24-14/h1-9,16H.